The molecule has 0 saturated carbocycles. The zero-order valence-electron chi connectivity index (χ0n) is 12.9. The summed E-state index contributed by atoms with van der Waals surface area (Å²) in [5, 5.41) is 0. The highest BCUT2D eigenvalue weighted by Gasteiger charge is 2.42. The molecule has 0 amide bonds. The highest BCUT2D eigenvalue weighted by Crippen LogP contribution is 2.25. The van der Waals surface area contributed by atoms with Crippen molar-refractivity contribution in [2.45, 2.75) is 33.1 Å². The van der Waals surface area contributed by atoms with E-state index in [0.717, 1.165) is 0 Å². The maximum Gasteiger partial charge on any atom is 0.323 e. The zero-order chi connectivity index (χ0) is 15.4. The van der Waals surface area contributed by atoms with Crippen molar-refractivity contribution in [3.63, 3.8) is 0 Å². The van der Waals surface area contributed by atoms with Gasteiger partial charge in [-0.15, -0.1) is 0 Å². The fourth-order valence-electron chi connectivity index (χ4n) is 1.43. The molecule has 0 rings (SSSR count). The number of ether oxygens (including phenoxy) is 4. The Bertz CT molecular complexity index is 265. The lowest BCUT2D eigenvalue weighted by Crippen LogP contribution is -2.39. The smallest absolute Gasteiger partial charge is 0.323 e. The molecule has 0 spiro atoms. The van der Waals surface area contributed by atoms with Gasteiger partial charge in [0.1, 0.15) is 0 Å². The van der Waals surface area contributed by atoms with Gasteiger partial charge in [0.25, 0.3) is 0 Å². The zero-order valence-corrected chi connectivity index (χ0v) is 12.9. The molecule has 118 valence electrons. The molecule has 0 heterocycles. The van der Waals surface area contributed by atoms with Crippen molar-refractivity contribution < 1.29 is 28.5 Å². The van der Waals surface area contributed by atoms with Crippen molar-refractivity contribution in [3.8, 4) is 0 Å². The largest absolute Gasteiger partial charge is 0.465 e. The number of carbonyl (C=O) groups excluding carboxylic acids is 2. The topological polar surface area (TPSA) is 71.1 Å². The number of carbonyl (C=O) groups is 2. The number of esters is 2. The molecule has 6 nitrogen and oxygen atoms in total. The van der Waals surface area contributed by atoms with E-state index in [1.807, 2.05) is 0 Å². The molecule has 0 N–H and O–H groups in total. The first kappa shape index (κ1) is 18.9. The van der Waals surface area contributed by atoms with E-state index < -0.39 is 17.4 Å². The Labute approximate surface area is 120 Å². The van der Waals surface area contributed by atoms with Crippen LogP contribution in [0.2, 0.25) is 0 Å². The molecule has 0 aromatic rings. The molecule has 0 radical (unpaired) electrons. The van der Waals surface area contributed by atoms with Gasteiger partial charge < -0.3 is 18.9 Å². The Morgan fingerprint density at radius 3 is 1.55 bits per heavy atom. The highest BCUT2D eigenvalue weighted by molar-refractivity contribution is 5.99. The monoisotopic (exact) mass is 290 g/mol. The van der Waals surface area contributed by atoms with Crippen molar-refractivity contribution in [2.24, 2.45) is 5.41 Å². The summed E-state index contributed by atoms with van der Waals surface area (Å²) < 4.78 is 19.9. The lowest BCUT2D eigenvalue weighted by atomic mass is 9.88. The lowest BCUT2D eigenvalue weighted by molar-refractivity contribution is -0.171. The second-order valence-electron chi connectivity index (χ2n) is 4.65. The molecule has 0 fully saturated rings. The Hall–Kier alpha value is -1.14. The molecule has 0 bridgehead atoms. The van der Waals surface area contributed by atoms with Gasteiger partial charge in [-0.25, -0.2) is 0 Å². The van der Waals surface area contributed by atoms with Gasteiger partial charge in [-0.05, 0) is 13.3 Å². The summed E-state index contributed by atoms with van der Waals surface area (Å²) in [7, 11) is 3.16. The highest BCUT2D eigenvalue weighted by atomic mass is 16.6. The van der Waals surface area contributed by atoms with Gasteiger partial charge in [-0.2, -0.15) is 0 Å². The van der Waals surface area contributed by atoms with Crippen LogP contribution in [0.3, 0.4) is 0 Å². The SMILES string of the molecule is CCC(C)(C(=O)OCCCOC)C(=O)OCCCOC. The predicted octanol–water partition coefficient (Wildman–Crippen LogP) is 1.56. The van der Waals surface area contributed by atoms with Crippen molar-refractivity contribution in [3.05, 3.63) is 0 Å². The second-order valence-corrected chi connectivity index (χ2v) is 4.65. The molecule has 0 aromatic carbocycles. The maximum atomic E-state index is 12.0. The molecule has 0 unspecified atom stereocenters. The quantitative estimate of drug-likeness (QED) is 0.327. The Kier molecular flexibility index (Phi) is 10.0. The minimum Gasteiger partial charge on any atom is -0.465 e. The van der Waals surface area contributed by atoms with Gasteiger partial charge in [0.05, 0.1) is 13.2 Å². The predicted molar refractivity (Wildman–Crippen MR) is 73.3 cm³/mol. The van der Waals surface area contributed by atoms with Crippen molar-refractivity contribution in [1.82, 2.24) is 0 Å². The minimum atomic E-state index is -1.25. The van der Waals surface area contributed by atoms with E-state index in [9.17, 15) is 9.59 Å². The van der Waals surface area contributed by atoms with E-state index >= 15 is 0 Å². The molecule has 0 aromatic heterocycles. The average molecular weight is 290 g/mol. The Balaban J connectivity index is 4.27. The summed E-state index contributed by atoms with van der Waals surface area (Å²) in [6.07, 6.45) is 1.54. The lowest BCUT2D eigenvalue weighted by Gasteiger charge is -2.23. The average Bonchev–Trinajstić information content (AvgIpc) is 2.46. The standard InChI is InChI=1S/C14H26O6/c1-5-14(2,12(15)19-10-6-8-17-3)13(16)20-11-7-9-18-4/h5-11H2,1-4H3. The summed E-state index contributed by atoms with van der Waals surface area (Å²) in [4.78, 5) is 24.0. The summed E-state index contributed by atoms with van der Waals surface area (Å²) in [6.45, 7) is 4.80. The summed E-state index contributed by atoms with van der Waals surface area (Å²) >= 11 is 0. The molecule has 0 aliphatic carbocycles. The van der Waals surface area contributed by atoms with Crippen molar-refractivity contribution in [2.75, 3.05) is 40.6 Å². The number of hydrogen-bond acceptors (Lipinski definition) is 6. The molecule has 0 aliphatic rings. The molecule has 6 heteroatoms. The molecular formula is C14H26O6. The van der Waals surface area contributed by atoms with Crippen LogP contribution in [0, 0.1) is 5.41 Å². The summed E-state index contributed by atoms with van der Waals surface area (Å²) in [5.41, 5.74) is -1.25. The first-order valence-corrected chi connectivity index (χ1v) is 6.85. The maximum absolute atomic E-state index is 12.0. The van der Waals surface area contributed by atoms with Crippen molar-refractivity contribution in [1.29, 1.82) is 0 Å². The van der Waals surface area contributed by atoms with Crippen LogP contribution in [0.5, 0.6) is 0 Å². The second kappa shape index (κ2) is 10.6. The fourth-order valence-corrected chi connectivity index (χ4v) is 1.43. The van der Waals surface area contributed by atoms with Gasteiger partial charge in [-0.3, -0.25) is 9.59 Å². The van der Waals surface area contributed by atoms with Crippen LogP contribution in [-0.2, 0) is 28.5 Å². The molecular weight excluding hydrogens is 264 g/mol. The summed E-state index contributed by atoms with van der Waals surface area (Å²) in [6, 6.07) is 0. The Morgan fingerprint density at radius 2 is 1.25 bits per heavy atom. The van der Waals surface area contributed by atoms with Crippen LogP contribution >= 0.6 is 0 Å². The third kappa shape index (κ3) is 6.34. The third-order valence-corrected chi connectivity index (χ3v) is 3.06. The summed E-state index contributed by atoms with van der Waals surface area (Å²) in [5.74, 6) is -1.10. The van der Waals surface area contributed by atoms with Crippen LogP contribution in [0.1, 0.15) is 33.1 Å². The van der Waals surface area contributed by atoms with Crippen LogP contribution in [0.25, 0.3) is 0 Å². The van der Waals surface area contributed by atoms with E-state index in [1.165, 1.54) is 0 Å². The minimum absolute atomic E-state index is 0.235. The third-order valence-electron chi connectivity index (χ3n) is 3.06. The van der Waals surface area contributed by atoms with Crippen LogP contribution in [0.15, 0.2) is 0 Å². The van der Waals surface area contributed by atoms with Gasteiger partial charge >= 0.3 is 11.9 Å². The Morgan fingerprint density at radius 1 is 0.850 bits per heavy atom. The van der Waals surface area contributed by atoms with E-state index in [0.29, 0.717) is 32.5 Å². The van der Waals surface area contributed by atoms with E-state index in [-0.39, 0.29) is 13.2 Å². The van der Waals surface area contributed by atoms with Gasteiger partial charge in [-0.1, -0.05) is 6.92 Å². The van der Waals surface area contributed by atoms with Crippen LogP contribution in [-0.4, -0.2) is 52.6 Å². The van der Waals surface area contributed by atoms with Gasteiger partial charge in [0, 0.05) is 40.3 Å². The number of hydrogen-bond donors (Lipinski definition) is 0. The van der Waals surface area contributed by atoms with E-state index in [2.05, 4.69) is 0 Å². The first-order chi connectivity index (χ1) is 9.52. The fraction of sp³-hybridized carbons (Fsp3) is 0.857. The molecule has 0 atom stereocenters. The van der Waals surface area contributed by atoms with E-state index in [4.69, 9.17) is 18.9 Å². The van der Waals surface area contributed by atoms with Crippen LogP contribution in [0.4, 0.5) is 0 Å². The van der Waals surface area contributed by atoms with Gasteiger partial charge in [0.2, 0.25) is 0 Å². The normalized spacial score (nSPS) is 11.2. The first-order valence-electron chi connectivity index (χ1n) is 6.85. The molecule has 20 heavy (non-hydrogen) atoms. The number of methoxy groups -OCH3 is 2. The number of rotatable bonds is 11. The molecule has 0 aliphatic heterocycles. The molecule has 0 saturated heterocycles. The van der Waals surface area contributed by atoms with Crippen molar-refractivity contribution >= 4 is 11.9 Å². The van der Waals surface area contributed by atoms with E-state index in [1.54, 1.807) is 28.1 Å². The van der Waals surface area contributed by atoms with Gasteiger partial charge in [0.15, 0.2) is 5.41 Å². The van der Waals surface area contributed by atoms with Crippen LogP contribution < -0.4 is 0 Å².